The number of carbonyl (C=O) groups is 2. The second kappa shape index (κ2) is 6.15. The maximum absolute atomic E-state index is 11.9. The molecule has 1 aliphatic rings. The second-order valence-electron chi connectivity index (χ2n) is 5.32. The van der Waals surface area contributed by atoms with E-state index in [2.05, 4.69) is 19.2 Å². The molecule has 1 saturated heterocycles. The molecule has 98 valence electrons. The quantitative estimate of drug-likeness (QED) is 0.739. The molecule has 0 radical (unpaired) electrons. The van der Waals surface area contributed by atoms with Crippen molar-refractivity contribution in [2.45, 2.75) is 46.6 Å². The first-order chi connectivity index (χ1) is 7.95. The summed E-state index contributed by atoms with van der Waals surface area (Å²) in [6.45, 7) is 9.57. The maximum Gasteiger partial charge on any atom is 0.229 e. The summed E-state index contributed by atoms with van der Waals surface area (Å²) in [6, 6.07) is 0.196. The molecular formula is C13H24N2O2. The van der Waals surface area contributed by atoms with Crippen molar-refractivity contribution in [2.75, 3.05) is 13.1 Å². The molecule has 1 aliphatic heterocycles. The minimum absolute atomic E-state index is 0.0164. The predicted octanol–water partition coefficient (Wildman–Crippen LogP) is 1.41. The van der Waals surface area contributed by atoms with Crippen molar-refractivity contribution in [3.63, 3.8) is 0 Å². The van der Waals surface area contributed by atoms with Crippen molar-refractivity contribution in [3.05, 3.63) is 0 Å². The number of nitrogens with one attached hydrogen (secondary N) is 1. The van der Waals surface area contributed by atoms with Gasteiger partial charge in [-0.2, -0.15) is 0 Å². The van der Waals surface area contributed by atoms with Crippen LogP contribution in [0, 0.1) is 11.8 Å². The second-order valence-corrected chi connectivity index (χ2v) is 5.32. The number of likely N-dealkylation sites (tertiary alicyclic amines) is 1. The van der Waals surface area contributed by atoms with Gasteiger partial charge in [0.1, 0.15) is 0 Å². The minimum Gasteiger partial charge on any atom is -0.312 e. The van der Waals surface area contributed by atoms with E-state index in [9.17, 15) is 9.59 Å². The highest BCUT2D eigenvalue weighted by molar-refractivity contribution is 5.97. The maximum atomic E-state index is 11.9. The van der Waals surface area contributed by atoms with Crippen LogP contribution >= 0.6 is 0 Å². The van der Waals surface area contributed by atoms with Gasteiger partial charge in [0, 0.05) is 25.4 Å². The fourth-order valence-corrected chi connectivity index (χ4v) is 2.20. The van der Waals surface area contributed by atoms with Crippen LogP contribution < -0.4 is 5.32 Å². The summed E-state index contributed by atoms with van der Waals surface area (Å²) in [7, 11) is 0. The summed E-state index contributed by atoms with van der Waals surface area (Å²) in [5.74, 6) is 0.576. The fraction of sp³-hybridized carbons (Fsp3) is 0.846. The lowest BCUT2D eigenvalue weighted by atomic mass is 9.96. The van der Waals surface area contributed by atoms with Crippen LogP contribution in [0.1, 0.15) is 40.5 Å². The van der Waals surface area contributed by atoms with E-state index in [-0.39, 0.29) is 23.8 Å². The van der Waals surface area contributed by atoms with Gasteiger partial charge in [-0.15, -0.1) is 0 Å². The Bertz CT molecular complexity index is 271. The van der Waals surface area contributed by atoms with Crippen LogP contribution in [-0.2, 0) is 9.59 Å². The van der Waals surface area contributed by atoms with Gasteiger partial charge in [0.15, 0.2) is 0 Å². The Morgan fingerprint density at radius 2 is 1.82 bits per heavy atom. The first-order valence-corrected chi connectivity index (χ1v) is 6.52. The summed E-state index contributed by atoms with van der Waals surface area (Å²) >= 11 is 0. The summed E-state index contributed by atoms with van der Waals surface area (Å²) in [4.78, 5) is 25.1. The number of nitrogens with zero attached hydrogens (tertiary/aromatic N) is 1. The number of hydrogen-bond donors (Lipinski definition) is 1. The predicted molar refractivity (Wildman–Crippen MR) is 67.4 cm³/mol. The molecule has 4 nitrogen and oxygen atoms in total. The highest BCUT2D eigenvalue weighted by Gasteiger charge is 2.32. The standard InChI is InChI=1S/C13H24N2O2/c1-5-14-11(9(2)3)8-15-12(16)6-10(4)7-13(15)17/h9-11,14H,5-8H2,1-4H3. The van der Waals surface area contributed by atoms with E-state index in [1.54, 1.807) is 0 Å². The molecule has 0 aromatic rings. The average molecular weight is 240 g/mol. The Balaban J connectivity index is 2.64. The van der Waals surface area contributed by atoms with E-state index in [0.29, 0.717) is 25.3 Å². The molecule has 4 heteroatoms. The molecule has 1 unspecified atom stereocenters. The third kappa shape index (κ3) is 3.80. The van der Waals surface area contributed by atoms with Gasteiger partial charge in [-0.25, -0.2) is 0 Å². The summed E-state index contributed by atoms with van der Waals surface area (Å²) in [6.07, 6.45) is 1.01. The summed E-state index contributed by atoms with van der Waals surface area (Å²) in [5, 5.41) is 3.34. The zero-order valence-electron chi connectivity index (χ0n) is 11.3. The van der Waals surface area contributed by atoms with Gasteiger partial charge < -0.3 is 5.32 Å². The molecule has 1 atom stereocenters. The van der Waals surface area contributed by atoms with Gasteiger partial charge in [0.2, 0.25) is 11.8 Å². The van der Waals surface area contributed by atoms with Gasteiger partial charge >= 0.3 is 0 Å². The third-order valence-electron chi connectivity index (χ3n) is 3.30. The lowest BCUT2D eigenvalue weighted by Crippen LogP contribution is -2.51. The molecule has 2 amide bonds. The number of carbonyl (C=O) groups excluding carboxylic acids is 2. The zero-order valence-corrected chi connectivity index (χ0v) is 11.3. The largest absolute Gasteiger partial charge is 0.312 e. The lowest BCUT2D eigenvalue weighted by molar-refractivity contribution is -0.150. The number of rotatable bonds is 5. The van der Waals surface area contributed by atoms with E-state index in [0.717, 1.165) is 6.54 Å². The topological polar surface area (TPSA) is 49.4 Å². The highest BCUT2D eigenvalue weighted by Crippen LogP contribution is 2.19. The normalized spacial score (nSPS) is 20.2. The molecule has 1 rings (SSSR count). The van der Waals surface area contributed by atoms with E-state index < -0.39 is 0 Å². The summed E-state index contributed by atoms with van der Waals surface area (Å²) in [5.41, 5.74) is 0. The number of piperidine rings is 1. The third-order valence-corrected chi connectivity index (χ3v) is 3.30. The monoisotopic (exact) mass is 240 g/mol. The first-order valence-electron chi connectivity index (χ1n) is 6.52. The molecular weight excluding hydrogens is 216 g/mol. The summed E-state index contributed by atoms with van der Waals surface area (Å²) < 4.78 is 0. The molecule has 0 bridgehead atoms. The Labute approximate surface area is 104 Å². The Kier molecular flexibility index (Phi) is 5.12. The minimum atomic E-state index is -0.0164. The first kappa shape index (κ1) is 14.2. The van der Waals surface area contributed by atoms with Crippen molar-refractivity contribution in [1.29, 1.82) is 0 Å². The van der Waals surface area contributed by atoms with E-state index in [4.69, 9.17) is 0 Å². The molecule has 1 N–H and O–H groups in total. The van der Waals surface area contributed by atoms with Crippen molar-refractivity contribution in [1.82, 2.24) is 10.2 Å². The van der Waals surface area contributed by atoms with Crippen LogP contribution in [0.15, 0.2) is 0 Å². The molecule has 0 saturated carbocycles. The van der Waals surface area contributed by atoms with Gasteiger partial charge in [0.05, 0.1) is 0 Å². The highest BCUT2D eigenvalue weighted by atomic mass is 16.2. The van der Waals surface area contributed by atoms with Gasteiger partial charge in [-0.1, -0.05) is 27.7 Å². The van der Waals surface area contributed by atoms with Gasteiger partial charge in [-0.3, -0.25) is 14.5 Å². The number of imide groups is 1. The Hall–Kier alpha value is -0.900. The Morgan fingerprint density at radius 1 is 1.29 bits per heavy atom. The molecule has 0 aromatic carbocycles. The lowest BCUT2D eigenvalue weighted by Gasteiger charge is -2.33. The molecule has 1 heterocycles. The molecule has 17 heavy (non-hydrogen) atoms. The van der Waals surface area contributed by atoms with Crippen LogP contribution in [0.5, 0.6) is 0 Å². The van der Waals surface area contributed by atoms with Crippen molar-refractivity contribution >= 4 is 11.8 Å². The number of likely N-dealkylation sites (N-methyl/N-ethyl adjacent to an activating group) is 1. The molecule has 0 aromatic heterocycles. The fourth-order valence-electron chi connectivity index (χ4n) is 2.20. The molecule has 0 spiro atoms. The zero-order chi connectivity index (χ0) is 13.0. The molecule has 1 fully saturated rings. The van der Waals surface area contributed by atoms with E-state index in [1.807, 2.05) is 13.8 Å². The molecule has 0 aliphatic carbocycles. The van der Waals surface area contributed by atoms with Crippen LogP contribution in [0.25, 0.3) is 0 Å². The van der Waals surface area contributed by atoms with Crippen LogP contribution in [0.3, 0.4) is 0 Å². The SMILES string of the molecule is CCNC(CN1C(=O)CC(C)CC1=O)C(C)C. The van der Waals surface area contributed by atoms with Crippen molar-refractivity contribution in [2.24, 2.45) is 11.8 Å². The van der Waals surface area contributed by atoms with E-state index in [1.165, 1.54) is 4.90 Å². The number of hydrogen-bond acceptors (Lipinski definition) is 3. The van der Waals surface area contributed by atoms with Crippen LogP contribution in [0.2, 0.25) is 0 Å². The van der Waals surface area contributed by atoms with Gasteiger partial charge in [0.25, 0.3) is 0 Å². The average Bonchev–Trinajstić information content (AvgIpc) is 2.21. The van der Waals surface area contributed by atoms with Crippen molar-refractivity contribution < 1.29 is 9.59 Å². The smallest absolute Gasteiger partial charge is 0.229 e. The Morgan fingerprint density at radius 3 is 2.24 bits per heavy atom. The van der Waals surface area contributed by atoms with E-state index >= 15 is 0 Å². The van der Waals surface area contributed by atoms with Crippen LogP contribution in [0.4, 0.5) is 0 Å². The van der Waals surface area contributed by atoms with Gasteiger partial charge in [-0.05, 0) is 18.4 Å². The number of amides is 2. The van der Waals surface area contributed by atoms with Crippen LogP contribution in [-0.4, -0.2) is 35.8 Å². The van der Waals surface area contributed by atoms with Crippen molar-refractivity contribution in [3.8, 4) is 0 Å².